The largest absolute Gasteiger partial charge is 0.406 e. The number of rotatable bonds is 5. The van der Waals surface area contributed by atoms with Gasteiger partial charge in [0.25, 0.3) is 0 Å². The minimum absolute atomic E-state index is 0.251. The van der Waals surface area contributed by atoms with Gasteiger partial charge in [-0.1, -0.05) is 32.0 Å². The minimum Gasteiger partial charge on any atom is -0.299 e. The molecule has 0 spiro atoms. The van der Waals surface area contributed by atoms with Gasteiger partial charge in [0.2, 0.25) is 0 Å². The van der Waals surface area contributed by atoms with E-state index in [2.05, 4.69) is 10.2 Å². The van der Waals surface area contributed by atoms with Gasteiger partial charge < -0.3 is 0 Å². The van der Waals surface area contributed by atoms with Gasteiger partial charge in [0.05, 0.1) is 0 Å². The molecule has 0 bridgehead atoms. The van der Waals surface area contributed by atoms with Crippen molar-refractivity contribution < 1.29 is 13.2 Å². The first kappa shape index (κ1) is 13.3. The Balaban J connectivity index is 2.63. The van der Waals surface area contributed by atoms with Crippen molar-refractivity contribution in [3.05, 3.63) is 6.33 Å². The molecule has 7 heteroatoms. The molecule has 1 atom stereocenters. The van der Waals surface area contributed by atoms with Gasteiger partial charge in [0, 0.05) is 5.25 Å². The number of nitrogens with zero attached hydrogens (tertiary/aromatic N) is 3. The van der Waals surface area contributed by atoms with Crippen molar-refractivity contribution in [2.24, 2.45) is 0 Å². The number of aromatic nitrogens is 3. The molecule has 0 amide bonds. The summed E-state index contributed by atoms with van der Waals surface area (Å²) in [6.45, 7) is 2.99. The van der Waals surface area contributed by atoms with Gasteiger partial charge in [-0.25, -0.2) is 0 Å². The van der Waals surface area contributed by atoms with Crippen LogP contribution in [0.15, 0.2) is 11.5 Å². The third-order valence-electron chi connectivity index (χ3n) is 1.93. The van der Waals surface area contributed by atoms with Crippen LogP contribution in [0.4, 0.5) is 13.2 Å². The second kappa shape index (κ2) is 5.56. The Bertz CT molecular complexity index is 324. The lowest BCUT2D eigenvalue weighted by Gasteiger charge is -2.12. The molecule has 1 aromatic heterocycles. The van der Waals surface area contributed by atoms with Crippen LogP contribution in [0, 0.1) is 0 Å². The molecule has 92 valence electrons. The number of hydrogen-bond donors (Lipinski definition) is 0. The van der Waals surface area contributed by atoms with E-state index >= 15 is 0 Å². The van der Waals surface area contributed by atoms with Crippen LogP contribution in [-0.4, -0.2) is 26.2 Å². The maximum atomic E-state index is 12.2. The van der Waals surface area contributed by atoms with Crippen LogP contribution in [0.1, 0.15) is 26.7 Å². The van der Waals surface area contributed by atoms with Crippen LogP contribution in [0.25, 0.3) is 0 Å². The molecule has 16 heavy (non-hydrogen) atoms. The molecule has 0 saturated carbocycles. The zero-order valence-corrected chi connectivity index (χ0v) is 9.98. The van der Waals surface area contributed by atoms with Crippen molar-refractivity contribution >= 4 is 11.8 Å². The fraction of sp³-hybridized carbons (Fsp3) is 0.778. The molecule has 0 fully saturated rings. The second-order valence-electron chi connectivity index (χ2n) is 3.57. The van der Waals surface area contributed by atoms with Crippen molar-refractivity contribution in [1.29, 1.82) is 0 Å². The summed E-state index contributed by atoms with van der Waals surface area (Å²) in [5.41, 5.74) is 0. The summed E-state index contributed by atoms with van der Waals surface area (Å²) in [5.74, 6) is 0. The average Bonchev–Trinajstić information content (AvgIpc) is 2.50. The highest BCUT2D eigenvalue weighted by Crippen LogP contribution is 2.26. The van der Waals surface area contributed by atoms with Crippen LogP contribution in [0.5, 0.6) is 0 Å². The third-order valence-corrected chi connectivity index (χ3v) is 3.10. The van der Waals surface area contributed by atoms with E-state index in [1.165, 1.54) is 11.8 Å². The summed E-state index contributed by atoms with van der Waals surface area (Å²) in [6, 6.07) is 0. The molecular formula is C9H14F3N3S. The Morgan fingerprint density at radius 2 is 2.19 bits per heavy atom. The molecule has 1 aromatic rings. The molecule has 0 aliphatic rings. The smallest absolute Gasteiger partial charge is 0.299 e. The van der Waals surface area contributed by atoms with Crippen LogP contribution < -0.4 is 0 Å². The lowest BCUT2D eigenvalue weighted by atomic mass is 10.3. The van der Waals surface area contributed by atoms with E-state index < -0.39 is 12.7 Å². The first-order chi connectivity index (χ1) is 7.42. The van der Waals surface area contributed by atoms with Crippen molar-refractivity contribution in [2.75, 3.05) is 0 Å². The molecule has 3 nitrogen and oxygen atoms in total. The lowest BCUT2D eigenvalue weighted by molar-refractivity contribution is -0.142. The first-order valence-corrected chi connectivity index (χ1v) is 5.91. The maximum Gasteiger partial charge on any atom is 0.406 e. The first-order valence-electron chi connectivity index (χ1n) is 5.03. The van der Waals surface area contributed by atoms with Crippen LogP contribution >= 0.6 is 11.8 Å². The van der Waals surface area contributed by atoms with Gasteiger partial charge in [0.15, 0.2) is 5.16 Å². The second-order valence-corrected chi connectivity index (χ2v) is 4.98. The molecule has 0 saturated heterocycles. The quantitative estimate of drug-likeness (QED) is 0.755. The topological polar surface area (TPSA) is 30.7 Å². The van der Waals surface area contributed by atoms with E-state index in [0.717, 1.165) is 23.7 Å². The predicted molar refractivity (Wildman–Crippen MR) is 56.3 cm³/mol. The monoisotopic (exact) mass is 253 g/mol. The Kier molecular flexibility index (Phi) is 4.64. The summed E-state index contributed by atoms with van der Waals surface area (Å²) in [4.78, 5) is 0. The van der Waals surface area contributed by atoms with E-state index in [1.54, 1.807) is 0 Å². The standard InChI is InChI=1S/C9H14F3N3S/c1-3-4-7(2)16-8-14-13-6-15(8)5-9(10,11)12/h6-7H,3-5H2,1-2H3/t7-/m1/s1. The fourth-order valence-corrected chi connectivity index (χ4v) is 2.34. The Morgan fingerprint density at radius 1 is 1.50 bits per heavy atom. The van der Waals surface area contributed by atoms with Crippen LogP contribution in [-0.2, 0) is 6.54 Å². The average molecular weight is 253 g/mol. The van der Waals surface area contributed by atoms with Crippen molar-refractivity contribution in [3.63, 3.8) is 0 Å². The zero-order chi connectivity index (χ0) is 12.2. The number of hydrogen-bond acceptors (Lipinski definition) is 3. The highest BCUT2D eigenvalue weighted by atomic mass is 32.2. The highest BCUT2D eigenvalue weighted by molar-refractivity contribution is 7.99. The lowest BCUT2D eigenvalue weighted by Crippen LogP contribution is -2.18. The predicted octanol–water partition coefficient (Wildman–Crippen LogP) is 3.12. The summed E-state index contributed by atoms with van der Waals surface area (Å²) >= 11 is 1.33. The van der Waals surface area contributed by atoms with Gasteiger partial charge in [0.1, 0.15) is 12.9 Å². The van der Waals surface area contributed by atoms with Crippen molar-refractivity contribution in [1.82, 2.24) is 14.8 Å². The molecule has 0 aliphatic carbocycles. The number of alkyl halides is 3. The van der Waals surface area contributed by atoms with Gasteiger partial charge >= 0.3 is 6.18 Å². The van der Waals surface area contributed by atoms with E-state index in [-0.39, 0.29) is 5.25 Å². The highest BCUT2D eigenvalue weighted by Gasteiger charge is 2.29. The molecular weight excluding hydrogens is 239 g/mol. The molecule has 0 radical (unpaired) electrons. The molecule has 1 heterocycles. The van der Waals surface area contributed by atoms with Crippen LogP contribution in [0.3, 0.4) is 0 Å². The molecule has 0 aliphatic heterocycles. The fourth-order valence-electron chi connectivity index (χ4n) is 1.28. The van der Waals surface area contributed by atoms with Gasteiger partial charge in [-0.3, -0.25) is 4.57 Å². The SMILES string of the molecule is CCC[C@@H](C)Sc1nncn1CC(F)(F)F. The van der Waals surface area contributed by atoms with Gasteiger partial charge in [-0.15, -0.1) is 10.2 Å². The van der Waals surface area contributed by atoms with Crippen LogP contribution in [0.2, 0.25) is 0 Å². The summed E-state index contributed by atoms with van der Waals surface area (Å²) in [7, 11) is 0. The van der Waals surface area contributed by atoms with Crippen molar-refractivity contribution in [3.8, 4) is 0 Å². The maximum absolute atomic E-state index is 12.2. The summed E-state index contributed by atoms with van der Waals surface area (Å²) in [6.07, 6.45) is -1.16. The Hall–Kier alpha value is -0.720. The number of halogens is 3. The molecule has 0 aromatic carbocycles. The molecule has 0 unspecified atom stereocenters. The third kappa shape index (κ3) is 4.42. The summed E-state index contributed by atoms with van der Waals surface area (Å²) < 4.78 is 37.6. The Labute approximate surface area is 96.4 Å². The Morgan fingerprint density at radius 3 is 2.75 bits per heavy atom. The van der Waals surface area contributed by atoms with E-state index in [9.17, 15) is 13.2 Å². The summed E-state index contributed by atoms with van der Waals surface area (Å²) in [5, 5.41) is 7.79. The minimum atomic E-state index is -4.23. The van der Waals surface area contributed by atoms with Gasteiger partial charge in [-0.05, 0) is 6.42 Å². The normalized spacial score (nSPS) is 14.1. The van der Waals surface area contributed by atoms with E-state index in [1.807, 2.05) is 13.8 Å². The number of thioether (sulfide) groups is 1. The molecule has 0 N–H and O–H groups in total. The van der Waals surface area contributed by atoms with Gasteiger partial charge in [-0.2, -0.15) is 13.2 Å². The van der Waals surface area contributed by atoms with E-state index in [0.29, 0.717) is 5.16 Å². The van der Waals surface area contributed by atoms with Crippen molar-refractivity contribution in [2.45, 2.75) is 49.8 Å². The zero-order valence-electron chi connectivity index (χ0n) is 9.16. The molecule has 1 rings (SSSR count). The van der Waals surface area contributed by atoms with E-state index in [4.69, 9.17) is 0 Å².